The number of aliphatic hydroxyl groups excluding tert-OH is 1. The van der Waals surface area contributed by atoms with Crippen molar-refractivity contribution in [3.63, 3.8) is 0 Å². The van der Waals surface area contributed by atoms with Crippen LogP contribution in [0.4, 0.5) is 4.39 Å². The SMILES string of the molecule is OCCCc1coc2c(F)cccc12. The van der Waals surface area contributed by atoms with Crippen LogP contribution in [-0.2, 0) is 6.42 Å². The van der Waals surface area contributed by atoms with E-state index in [1.165, 1.54) is 6.07 Å². The number of aliphatic hydroxyl groups is 1. The Morgan fingerprint density at radius 3 is 3.00 bits per heavy atom. The number of hydrogen-bond acceptors (Lipinski definition) is 2. The summed E-state index contributed by atoms with van der Waals surface area (Å²) in [5.41, 5.74) is 1.26. The molecule has 0 bridgehead atoms. The highest BCUT2D eigenvalue weighted by atomic mass is 19.1. The third-order valence-electron chi connectivity index (χ3n) is 2.24. The molecule has 2 aromatic rings. The molecule has 0 aliphatic heterocycles. The molecule has 0 amide bonds. The summed E-state index contributed by atoms with van der Waals surface area (Å²) in [6.07, 6.45) is 2.95. The minimum atomic E-state index is -0.335. The van der Waals surface area contributed by atoms with Crippen molar-refractivity contribution in [2.24, 2.45) is 0 Å². The van der Waals surface area contributed by atoms with Gasteiger partial charge in [-0.1, -0.05) is 12.1 Å². The first-order chi connectivity index (χ1) is 6.83. The first-order valence-corrected chi connectivity index (χ1v) is 4.58. The maximum absolute atomic E-state index is 13.2. The maximum atomic E-state index is 13.2. The number of furan rings is 1. The lowest BCUT2D eigenvalue weighted by atomic mass is 10.1. The second-order valence-electron chi connectivity index (χ2n) is 3.20. The lowest BCUT2D eigenvalue weighted by Gasteiger charge is -1.95. The lowest BCUT2D eigenvalue weighted by molar-refractivity contribution is 0.288. The molecule has 0 fully saturated rings. The van der Waals surface area contributed by atoms with Crippen molar-refractivity contribution >= 4 is 11.0 Å². The molecule has 0 radical (unpaired) electrons. The minimum absolute atomic E-state index is 0.141. The van der Waals surface area contributed by atoms with Crippen molar-refractivity contribution in [1.82, 2.24) is 0 Å². The van der Waals surface area contributed by atoms with E-state index >= 15 is 0 Å². The van der Waals surface area contributed by atoms with E-state index in [1.54, 1.807) is 12.3 Å². The first kappa shape index (κ1) is 9.21. The largest absolute Gasteiger partial charge is 0.461 e. The van der Waals surface area contributed by atoms with Crippen LogP contribution in [0.1, 0.15) is 12.0 Å². The van der Waals surface area contributed by atoms with Gasteiger partial charge in [-0.3, -0.25) is 0 Å². The summed E-state index contributed by atoms with van der Waals surface area (Å²) in [5, 5.41) is 9.49. The van der Waals surface area contributed by atoms with Crippen LogP contribution in [0, 0.1) is 5.82 Å². The molecule has 0 unspecified atom stereocenters. The summed E-state index contributed by atoms with van der Waals surface area (Å²) in [6, 6.07) is 4.87. The van der Waals surface area contributed by atoms with Crippen LogP contribution in [0.25, 0.3) is 11.0 Å². The van der Waals surface area contributed by atoms with Crippen LogP contribution in [0.15, 0.2) is 28.9 Å². The highest BCUT2D eigenvalue weighted by Crippen LogP contribution is 2.24. The van der Waals surface area contributed by atoms with E-state index in [2.05, 4.69) is 0 Å². The minimum Gasteiger partial charge on any atom is -0.461 e. The number of benzene rings is 1. The van der Waals surface area contributed by atoms with Gasteiger partial charge in [0, 0.05) is 12.0 Å². The Morgan fingerprint density at radius 1 is 1.36 bits per heavy atom. The Balaban J connectivity index is 2.42. The fourth-order valence-corrected chi connectivity index (χ4v) is 1.54. The van der Waals surface area contributed by atoms with Crippen LogP contribution in [0.2, 0.25) is 0 Å². The quantitative estimate of drug-likeness (QED) is 0.814. The summed E-state index contributed by atoms with van der Waals surface area (Å²) in [7, 11) is 0. The standard InChI is InChI=1S/C11H11FO2/c12-10-5-1-4-9-8(3-2-6-13)7-14-11(9)10/h1,4-5,7,13H,2-3,6H2. The van der Waals surface area contributed by atoms with Crippen LogP contribution in [-0.4, -0.2) is 11.7 Å². The van der Waals surface area contributed by atoms with Crippen LogP contribution >= 0.6 is 0 Å². The van der Waals surface area contributed by atoms with E-state index in [0.717, 1.165) is 10.9 Å². The first-order valence-electron chi connectivity index (χ1n) is 4.58. The van der Waals surface area contributed by atoms with Gasteiger partial charge in [0.25, 0.3) is 0 Å². The Kier molecular flexibility index (Phi) is 2.50. The number of rotatable bonds is 3. The van der Waals surface area contributed by atoms with E-state index in [0.29, 0.717) is 18.4 Å². The predicted octanol–water partition coefficient (Wildman–Crippen LogP) is 2.50. The van der Waals surface area contributed by atoms with Gasteiger partial charge in [-0.05, 0) is 24.5 Å². The molecule has 1 N–H and O–H groups in total. The van der Waals surface area contributed by atoms with Crippen molar-refractivity contribution < 1.29 is 13.9 Å². The van der Waals surface area contributed by atoms with Gasteiger partial charge < -0.3 is 9.52 Å². The van der Waals surface area contributed by atoms with Crippen LogP contribution < -0.4 is 0 Å². The Labute approximate surface area is 81.0 Å². The Bertz CT molecular complexity index is 434. The molecule has 0 aliphatic rings. The van der Waals surface area contributed by atoms with Crippen molar-refractivity contribution in [3.05, 3.63) is 35.8 Å². The zero-order valence-corrected chi connectivity index (χ0v) is 7.66. The molecule has 1 heterocycles. The molecule has 14 heavy (non-hydrogen) atoms. The number of aryl methyl sites for hydroxylation is 1. The zero-order chi connectivity index (χ0) is 9.97. The second kappa shape index (κ2) is 3.80. The maximum Gasteiger partial charge on any atom is 0.169 e. The molecule has 3 heteroatoms. The number of fused-ring (bicyclic) bond motifs is 1. The Morgan fingerprint density at radius 2 is 2.21 bits per heavy atom. The highest BCUT2D eigenvalue weighted by Gasteiger charge is 2.08. The van der Waals surface area contributed by atoms with E-state index in [4.69, 9.17) is 9.52 Å². The third-order valence-corrected chi connectivity index (χ3v) is 2.24. The molecular formula is C11H11FO2. The molecule has 0 saturated heterocycles. The van der Waals surface area contributed by atoms with Gasteiger partial charge in [0.05, 0.1) is 6.26 Å². The van der Waals surface area contributed by atoms with Crippen molar-refractivity contribution in [2.75, 3.05) is 6.61 Å². The summed E-state index contributed by atoms with van der Waals surface area (Å²) in [4.78, 5) is 0. The summed E-state index contributed by atoms with van der Waals surface area (Å²) in [5.74, 6) is -0.335. The molecule has 1 aromatic carbocycles. The molecule has 2 rings (SSSR count). The molecule has 0 aliphatic carbocycles. The van der Waals surface area contributed by atoms with Crippen molar-refractivity contribution in [2.45, 2.75) is 12.8 Å². The smallest absolute Gasteiger partial charge is 0.169 e. The van der Waals surface area contributed by atoms with Crippen molar-refractivity contribution in [1.29, 1.82) is 0 Å². The predicted molar refractivity (Wildman–Crippen MR) is 51.6 cm³/mol. The number of hydrogen-bond donors (Lipinski definition) is 1. The van der Waals surface area contributed by atoms with E-state index in [1.807, 2.05) is 6.07 Å². The summed E-state index contributed by atoms with van der Waals surface area (Å²) < 4.78 is 18.3. The van der Waals surface area contributed by atoms with E-state index in [-0.39, 0.29) is 12.4 Å². The molecule has 0 atom stereocenters. The monoisotopic (exact) mass is 194 g/mol. The van der Waals surface area contributed by atoms with Gasteiger partial charge in [-0.15, -0.1) is 0 Å². The molecule has 1 aromatic heterocycles. The molecule has 0 spiro atoms. The molecular weight excluding hydrogens is 183 g/mol. The highest BCUT2D eigenvalue weighted by molar-refractivity contribution is 5.81. The van der Waals surface area contributed by atoms with Gasteiger partial charge >= 0.3 is 0 Å². The molecule has 2 nitrogen and oxygen atoms in total. The van der Waals surface area contributed by atoms with Gasteiger partial charge in [0.2, 0.25) is 0 Å². The molecule has 74 valence electrons. The zero-order valence-electron chi connectivity index (χ0n) is 7.66. The average molecular weight is 194 g/mol. The lowest BCUT2D eigenvalue weighted by Crippen LogP contribution is -1.87. The normalized spacial score (nSPS) is 11.0. The van der Waals surface area contributed by atoms with E-state index < -0.39 is 0 Å². The topological polar surface area (TPSA) is 33.4 Å². The summed E-state index contributed by atoms with van der Waals surface area (Å²) >= 11 is 0. The van der Waals surface area contributed by atoms with Crippen molar-refractivity contribution in [3.8, 4) is 0 Å². The number of halogens is 1. The summed E-state index contributed by atoms with van der Waals surface area (Å²) in [6.45, 7) is 0.141. The van der Waals surface area contributed by atoms with Crippen LogP contribution in [0.3, 0.4) is 0 Å². The molecule has 0 saturated carbocycles. The third kappa shape index (κ3) is 1.51. The fourth-order valence-electron chi connectivity index (χ4n) is 1.54. The van der Waals surface area contributed by atoms with Gasteiger partial charge in [-0.2, -0.15) is 0 Å². The number of para-hydroxylation sites is 1. The van der Waals surface area contributed by atoms with Gasteiger partial charge in [0.15, 0.2) is 11.4 Å². The van der Waals surface area contributed by atoms with Gasteiger partial charge in [0.1, 0.15) is 0 Å². The second-order valence-corrected chi connectivity index (χ2v) is 3.20. The Hall–Kier alpha value is -1.35. The van der Waals surface area contributed by atoms with E-state index in [9.17, 15) is 4.39 Å². The van der Waals surface area contributed by atoms with Crippen LogP contribution in [0.5, 0.6) is 0 Å². The van der Waals surface area contributed by atoms with Gasteiger partial charge in [-0.25, -0.2) is 4.39 Å². The average Bonchev–Trinajstić information content (AvgIpc) is 2.60. The fraction of sp³-hybridized carbons (Fsp3) is 0.273.